The molecule has 1 heterocycles. The van der Waals surface area contributed by atoms with E-state index in [1.807, 2.05) is 0 Å². The van der Waals surface area contributed by atoms with Crippen molar-refractivity contribution < 1.29 is 5.11 Å². The Kier molecular flexibility index (Phi) is 3.33. The van der Waals surface area contributed by atoms with Crippen LogP contribution in [0.4, 0.5) is 0 Å². The molecule has 0 aromatic carbocycles. The first-order valence-electron chi connectivity index (χ1n) is 5.07. The Morgan fingerprint density at radius 1 is 1.54 bits per heavy atom. The number of aliphatic hydroxyl groups excluding tert-OH is 1. The summed E-state index contributed by atoms with van der Waals surface area (Å²) in [6.07, 6.45) is 0. The Morgan fingerprint density at radius 2 is 2.15 bits per heavy atom. The van der Waals surface area contributed by atoms with Crippen LogP contribution in [-0.2, 0) is 0 Å². The third kappa shape index (κ3) is 2.93. The van der Waals surface area contributed by atoms with Crippen LogP contribution in [0.25, 0.3) is 0 Å². The molecule has 0 aromatic heterocycles. The summed E-state index contributed by atoms with van der Waals surface area (Å²) in [6.45, 7) is 11.0. The van der Waals surface area contributed by atoms with Crippen LogP contribution in [0.1, 0.15) is 27.7 Å². The van der Waals surface area contributed by atoms with Gasteiger partial charge in [0, 0.05) is 30.7 Å². The molecule has 3 nitrogen and oxygen atoms in total. The van der Waals surface area contributed by atoms with E-state index in [-0.39, 0.29) is 18.2 Å². The highest BCUT2D eigenvalue weighted by Crippen LogP contribution is 2.15. The monoisotopic (exact) mass is 186 g/mol. The molecule has 0 radical (unpaired) electrons. The SMILES string of the molecule is CC(C)N1C[C@H](CO)NC(C)(C)C1. The van der Waals surface area contributed by atoms with Gasteiger partial charge >= 0.3 is 0 Å². The zero-order valence-corrected chi connectivity index (χ0v) is 9.17. The molecule has 1 aliphatic rings. The zero-order chi connectivity index (χ0) is 10.1. The van der Waals surface area contributed by atoms with E-state index in [9.17, 15) is 0 Å². The highest BCUT2D eigenvalue weighted by Gasteiger charge is 2.32. The van der Waals surface area contributed by atoms with Gasteiger partial charge in [0.25, 0.3) is 0 Å². The fourth-order valence-corrected chi connectivity index (χ4v) is 2.00. The molecule has 78 valence electrons. The average molecular weight is 186 g/mol. The van der Waals surface area contributed by atoms with Crippen molar-refractivity contribution in [3.8, 4) is 0 Å². The summed E-state index contributed by atoms with van der Waals surface area (Å²) in [6, 6.07) is 0.793. The van der Waals surface area contributed by atoms with Crippen LogP contribution in [0.3, 0.4) is 0 Å². The largest absolute Gasteiger partial charge is 0.395 e. The molecule has 13 heavy (non-hydrogen) atoms. The van der Waals surface area contributed by atoms with Crippen LogP contribution in [0.2, 0.25) is 0 Å². The van der Waals surface area contributed by atoms with Crippen molar-refractivity contribution >= 4 is 0 Å². The second-order valence-electron chi connectivity index (χ2n) is 4.93. The summed E-state index contributed by atoms with van der Waals surface area (Å²) in [5, 5.41) is 12.6. The van der Waals surface area contributed by atoms with Crippen molar-refractivity contribution in [2.75, 3.05) is 19.7 Å². The Morgan fingerprint density at radius 3 is 2.62 bits per heavy atom. The molecule has 0 spiro atoms. The fourth-order valence-electron chi connectivity index (χ4n) is 2.00. The molecule has 1 rings (SSSR count). The predicted molar refractivity (Wildman–Crippen MR) is 54.8 cm³/mol. The number of rotatable bonds is 2. The molecule has 1 fully saturated rings. The van der Waals surface area contributed by atoms with E-state index in [1.54, 1.807) is 0 Å². The highest BCUT2D eigenvalue weighted by molar-refractivity contribution is 4.93. The van der Waals surface area contributed by atoms with E-state index in [4.69, 9.17) is 5.11 Å². The van der Waals surface area contributed by atoms with Gasteiger partial charge in [-0.25, -0.2) is 0 Å². The first kappa shape index (κ1) is 11.0. The van der Waals surface area contributed by atoms with Crippen molar-refractivity contribution in [2.45, 2.75) is 45.3 Å². The Balaban J connectivity index is 2.60. The van der Waals surface area contributed by atoms with Crippen molar-refractivity contribution in [1.29, 1.82) is 0 Å². The average Bonchev–Trinajstić information content (AvgIpc) is 2.01. The first-order chi connectivity index (χ1) is 5.94. The van der Waals surface area contributed by atoms with Gasteiger partial charge in [0.2, 0.25) is 0 Å². The minimum atomic E-state index is 0.121. The third-order valence-corrected chi connectivity index (χ3v) is 2.60. The van der Waals surface area contributed by atoms with Gasteiger partial charge < -0.3 is 10.4 Å². The van der Waals surface area contributed by atoms with Gasteiger partial charge in [0.15, 0.2) is 0 Å². The van der Waals surface area contributed by atoms with E-state index in [0.717, 1.165) is 13.1 Å². The molecule has 0 amide bonds. The van der Waals surface area contributed by atoms with Gasteiger partial charge in [0.05, 0.1) is 6.61 Å². The van der Waals surface area contributed by atoms with Gasteiger partial charge in [-0.1, -0.05) is 0 Å². The van der Waals surface area contributed by atoms with Crippen molar-refractivity contribution in [1.82, 2.24) is 10.2 Å². The van der Waals surface area contributed by atoms with Gasteiger partial charge in [-0.15, -0.1) is 0 Å². The number of hydrogen-bond donors (Lipinski definition) is 2. The summed E-state index contributed by atoms with van der Waals surface area (Å²) in [7, 11) is 0. The Hall–Kier alpha value is -0.120. The summed E-state index contributed by atoms with van der Waals surface area (Å²) in [5.74, 6) is 0. The quantitative estimate of drug-likeness (QED) is 0.657. The van der Waals surface area contributed by atoms with Crippen molar-refractivity contribution in [3.63, 3.8) is 0 Å². The molecule has 1 aliphatic heterocycles. The molecule has 1 saturated heterocycles. The Labute approximate surface area is 81.1 Å². The van der Waals surface area contributed by atoms with Crippen LogP contribution in [0.15, 0.2) is 0 Å². The van der Waals surface area contributed by atoms with E-state index < -0.39 is 0 Å². The lowest BCUT2D eigenvalue weighted by molar-refractivity contribution is 0.0666. The van der Waals surface area contributed by atoms with Crippen LogP contribution < -0.4 is 5.32 Å². The van der Waals surface area contributed by atoms with Gasteiger partial charge in [-0.3, -0.25) is 4.90 Å². The maximum absolute atomic E-state index is 9.13. The van der Waals surface area contributed by atoms with Crippen LogP contribution in [-0.4, -0.2) is 47.3 Å². The first-order valence-corrected chi connectivity index (χ1v) is 5.07. The standard InChI is InChI=1S/C10H22N2O/c1-8(2)12-5-9(6-13)11-10(3,4)7-12/h8-9,11,13H,5-7H2,1-4H3/t9-/m1/s1. The predicted octanol–water partition coefficient (Wildman–Crippen LogP) is 0.439. The molecule has 0 aliphatic carbocycles. The molecule has 0 saturated carbocycles. The summed E-state index contributed by atoms with van der Waals surface area (Å²) in [4.78, 5) is 2.41. The molecule has 0 aromatic rings. The zero-order valence-electron chi connectivity index (χ0n) is 9.17. The topological polar surface area (TPSA) is 35.5 Å². The minimum absolute atomic E-state index is 0.121. The minimum Gasteiger partial charge on any atom is -0.395 e. The highest BCUT2D eigenvalue weighted by atomic mass is 16.3. The van der Waals surface area contributed by atoms with Crippen molar-refractivity contribution in [3.05, 3.63) is 0 Å². The number of piperazine rings is 1. The second-order valence-corrected chi connectivity index (χ2v) is 4.93. The van der Waals surface area contributed by atoms with Gasteiger partial charge in [0.1, 0.15) is 0 Å². The third-order valence-electron chi connectivity index (χ3n) is 2.60. The van der Waals surface area contributed by atoms with E-state index in [1.165, 1.54) is 0 Å². The normalized spacial score (nSPS) is 29.5. The smallest absolute Gasteiger partial charge is 0.0597 e. The number of hydrogen-bond acceptors (Lipinski definition) is 3. The molecule has 0 bridgehead atoms. The molecule has 1 atom stereocenters. The van der Waals surface area contributed by atoms with E-state index >= 15 is 0 Å². The number of aliphatic hydroxyl groups is 1. The van der Waals surface area contributed by atoms with Crippen LogP contribution in [0.5, 0.6) is 0 Å². The van der Waals surface area contributed by atoms with Gasteiger partial charge in [-0.2, -0.15) is 0 Å². The molecular weight excluding hydrogens is 164 g/mol. The number of nitrogens with one attached hydrogen (secondary N) is 1. The van der Waals surface area contributed by atoms with E-state index in [0.29, 0.717) is 6.04 Å². The lowest BCUT2D eigenvalue weighted by Gasteiger charge is -2.45. The number of nitrogens with zero attached hydrogens (tertiary/aromatic N) is 1. The fraction of sp³-hybridized carbons (Fsp3) is 1.00. The maximum atomic E-state index is 9.13. The molecule has 3 heteroatoms. The van der Waals surface area contributed by atoms with Crippen LogP contribution in [0, 0.1) is 0 Å². The lowest BCUT2D eigenvalue weighted by atomic mass is 9.98. The van der Waals surface area contributed by atoms with Crippen molar-refractivity contribution in [2.24, 2.45) is 0 Å². The summed E-state index contributed by atoms with van der Waals surface area (Å²) < 4.78 is 0. The molecule has 2 N–H and O–H groups in total. The van der Waals surface area contributed by atoms with Crippen LogP contribution >= 0.6 is 0 Å². The van der Waals surface area contributed by atoms with Gasteiger partial charge in [-0.05, 0) is 27.7 Å². The second kappa shape index (κ2) is 3.95. The maximum Gasteiger partial charge on any atom is 0.0597 e. The molecule has 0 unspecified atom stereocenters. The summed E-state index contributed by atoms with van der Waals surface area (Å²) in [5.41, 5.74) is 0.121. The van der Waals surface area contributed by atoms with E-state index in [2.05, 4.69) is 37.9 Å². The lowest BCUT2D eigenvalue weighted by Crippen LogP contribution is -2.64. The summed E-state index contributed by atoms with van der Waals surface area (Å²) >= 11 is 0. The molecular formula is C10H22N2O. The Bertz CT molecular complexity index is 168.